The average Bonchev–Trinajstić information content (AvgIpc) is 3.88. The van der Waals surface area contributed by atoms with Crippen molar-refractivity contribution in [3.63, 3.8) is 0 Å². The van der Waals surface area contributed by atoms with Crippen molar-refractivity contribution < 1.29 is 87.5 Å². The lowest BCUT2D eigenvalue weighted by atomic mass is 9.46. The Kier molecular flexibility index (Phi) is 16.4. The van der Waals surface area contributed by atoms with Crippen molar-refractivity contribution in [2.45, 2.75) is 70.2 Å². The van der Waals surface area contributed by atoms with E-state index in [2.05, 4.69) is 12.0 Å². The van der Waals surface area contributed by atoms with E-state index in [9.17, 15) is 33.9 Å². The van der Waals surface area contributed by atoms with Crippen LogP contribution in [0.2, 0.25) is 0 Å². The number of nitrogens with one attached hydrogen (secondary N) is 3. The molecule has 2 aliphatic heterocycles. The number of aromatic nitrogens is 1. The predicted octanol–water partition coefficient (Wildman–Crippen LogP) is -4.40. The van der Waals surface area contributed by atoms with Gasteiger partial charge in [0.05, 0.1) is 19.7 Å². The lowest BCUT2D eigenvalue weighted by Gasteiger charge is -2.61. The fraction of sp³-hybridized carbons (Fsp3) is 0.689. The molecule has 19 nitrogen and oxygen atoms in total. The molecule has 8 N–H and O–H groups in total. The summed E-state index contributed by atoms with van der Waals surface area (Å²) in [6.07, 6.45) is 2.01. The maximum absolute atomic E-state index is 13.9. The van der Waals surface area contributed by atoms with Crippen LogP contribution in [0.4, 0.5) is 0 Å². The molecule has 1 aromatic heterocycles. The number of quaternary nitrogens is 4. The number of nitrogens with two attached hydrogens (primary N) is 2. The minimum atomic E-state index is -1.68. The summed E-state index contributed by atoms with van der Waals surface area (Å²) in [5.74, 6) is -10.1. The van der Waals surface area contributed by atoms with Crippen molar-refractivity contribution in [1.82, 2.24) is 4.98 Å². The largest absolute Gasteiger partial charge is 0.457 e. The minimum absolute atomic E-state index is 0.00389. The molecule has 64 heavy (non-hydrogen) atoms. The summed E-state index contributed by atoms with van der Waals surface area (Å²) in [6, 6.07) is 3.26. The number of carbonyl (C=O) groups is 6. The molecule has 3 heterocycles. The number of H-pyrrole nitrogens is 1. The van der Waals surface area contributed by atoms with E-state index in [0.717, 1.165) is 39.3 Å². The third-order valence-corrected chi connectivity index (χ3v) is 14.2. The molecule has 1 saturated heterocycles. The van der Waals surface area contributed by atoms with Crippen molar-refractivity contribution in [3.05, 3.63) is 47.8 Å². The molecular weight excluding hydrogens is 835 g/mol. The quantitative estimate of drug-likeness (QED) is 0.0320. The van der Waals surface area contributed by atoms with Gasteiger partial charge in [0.2, 0.25) is 0 Å². The van der Waals surface area contributed by atoms with Crippen LogP contribution in [0.3, 0.4) is 0 Å². The van der Waals surface area contributed by atoms with Crippen LogP contribution in [0.5, 0.6) is 0 Å². The summed E-state index contributed by atoms with van der Waals surface area (Å²) in [5, 5.41) is 17.3. The highest BCUT2D eigenvalue weighted by atomic mass is 16.6. The number of likely N-dealkylation sites (N-methyl/N-ethyl adjacent to an activating group) is 2. The maximum atomic E-state index is 13.9. The zero-order valence-electron chi connectivity index (χ0n) is 38.1. The second kappa shape index (κ2) is 21.6. The first-order valence-corrected chi connectivity index (χ1v) is 22.8. The van der Waals surface area contributed by atoms with Crippen molar-refractivity contribution in [1.29, 1.82) is 0 Å². The highest BCUT2D eigenvalue weighted by Gasteiger charge is 2.72. The standard InChI is InChI=1S/C45H65N5O14/c1-25-23-26(2)45(57)29(24-32(58-7)40(52)62-36(25)28(4)61-43(55)41(53)60-22-20-50-18-16-49(6)17-19-50)10-11-30-33-34(35(30)45)38(27(3)37(33)63-39(51)31-9-8-12-48-31)64-44(56)42(54)59-21-15-47-14-13-46-5/h8-12,23,25,27-30,32-38,46-48,57H,13-22,24H2,1-7H3/p+4/b26-23+/t25-,27+,28-,29-,30?,32+,33+,34?,35?,36+,37-,38-,45+/m1/s1. The Morgan fingerprint density at radius 2 is 1.66 bits per heavy atom. The first-order chi connectivity index (χ1) is 30.6. The van der Waals surface area contributed by atoms with Gasteiger partial charge in [0.1, 0.15) is 95.7 Å². The SMILES string of the molecule is C[NH2+]CC[NH2+]CCOC(=O)C(=O)O[C@H]1C2C3C(C=C[C@@H]4C[C@H](OC)C(=O)O[C@H]([C@@H](C)OC(=O)C(=O)OCC[NH+]5CC[NH+](C)CC5)[C@H](C)/C=C(\C)[C@@]34O)[C@@H]2[C@H](OC(=O)c2ccc[nH]2)[C@@H]1C. The van der Waals surface area contributed by atoms with E-state index in [1.54, 1.807) is 45.2 Å². The zero-order valence-corrected chi connectivity index (χ0v) is 38.1. The monoisotopic (exact) mass is 903 g/mol. The van der Waals surface area contributed by atoms with Gasteiger partial charge in [0.25, 0.3) is 0 Å². The second-order valence-corrected chi connectivity index (χ2v) is 18.2. The number of allylic oxidation sites excluding steroid dienone is 1. The molecule has 19 heteroatoms. The number of aromatic amines is 1. The minimum Gasteiger partial charge on any atom is -0.457 e. The van der Waals surface area contributed by atoms with Gasteiger partial charge in [0, 0.05) is 48.8 Å². The molecule has 5 aliphatic rings. The highest BCUT2D eigenvalue weighted by molar-refractivity contribution is 6.30. The first-order valence-electron chi connectivity index (χ1n) is 22.8. The molecule has 6 rings (SSSR count). The molecule has 0 aromatic carbocycles. The predicted molar refractivity (Wildman–Crippen MR) is 223 cm³/mol. The van der Waals surface area contributed by atoms with Gasteiger partial charge in [0.15, 0.2) is 6.10 Å². The molecule has 3 unspecified atom stereocenters. The molecule has 0 amide bonds. The Bertz CT molecular complexity index is 1880. The van der Waals surface area contributed by atoms with Crippen LogP contribution in [0, 0.1) is 41.4 Å². The molecule has 3 aliphatic carbocycles. The molecular formula is C45H69N5O14+4. The smallest absolute Gasteiger partial charge is 0.417 e. The number of fused-ring (bicyclic) bond motifs is 6. The van der Waals surface area contributed by atoms with Crippen LogP contribution in [-0.4, -0.2) is 169 Å². The fourth-order valence-corrected chi connectivity index (χ4v) is 10.7. The van der Waals surface area contributed by atoms with Gasteiger partial charge < -0.3 is 63.7 Å². The number of esters is 6. The van der Waals surface area contributed by atoms with Crippen molar-refractivity contribution in [3.8, 4) is 0 Å². The molecule has 0 radical (unpaired) electrons. The fourth-order valence-electron chi connectivity index (χ4n) is 10.7. The molecule has 1 aromatic rings. The Balaban J connectivity index is 1.23. The van der Waals surface area contributed by atoms with Gasteiger partial charge in [-0.05, 0) is 43.9 Å². The van der Waals surface area contributed by atoms with Crippen molar-refractivity contribution >= 4 is 35.8 Å². The summed E-state index contributed by atoms with van der Waals surface area (Å²) in [5.41, 5.74) is -0.936. The summed E-state index contributed by atoms with van der Waals surface area (Å²) in [7, 11) is 5.45. The molecule has 3 fully saturated rings. The van der Waals surface area contributed by atoms with Gasteiger partial charge >= 0.3 is 35.8 Å². The second-order valence-electron chi connectivity index (χ2n) is 18.2. The summed E-state index contributed by atoms with van der Waals surface area (Å²) in [4.78, 5) is 85.0. The third-order valence-electron chi connectivity index (χ3n) is 14.2. The van der Waals surface area contributed by atoms with Gasteiger partial charge in [-0.2, -0.15) is 0 Å². The number of aliphatic hydroxyl groups is 1. The van der Waals surface area contributed by atoms with Crippen LogP contribution in [0.1, 0.15) is 44.6 Å². The summed E-state index contributed by atoms with van der Waals surface area (Å²) < 4.78 is 39.9. The van der Waals surface area contributed by atoms with E-state index < -0.39 is 107 Å². The van der Waals surface area contributed by atoms with E-state index in [-0.39, 0.29) is 31.2 Å². The van der Waals surface area contributed by atoms with Gasteiger partial charge in [-0.15, -0.1) is 0 Å². The Hall–Kier alpha value is -4.66. The summed E-state index contributed by atoms with van der Waals surface area (Å²) >= 11 is 0. The lowest BCUT2D eigenvalue weighted by Crippen LogP contribution is -3.27. The molecule has 0 bridgehead atoms. The zero-order chi connectivity index (χ0) is 46.3. The number of carbonyl (C=O) groups excluding carboxylic acids is 6. The molecule has 0 spiro atoms. The van der Waals surface area contributed by atoms with Crippen LogP contribution >= 0.6 is 0 Å². The van der Waals surface area contributed by atoms with E-state index >= 15 is 0 Å². The number of rotatable bonds is 15. The first kappa shape index (κ1) is 48.8. The van der Waals surface area contributed by atoms with E-state index in [1.165, 1.54) is 23.8 Å². The number of piperazine rings is 1. The van der Waals surface area contributed by atoms with Crippen molar-refractivity contribution in [2.24, 2.45) is 41.4 Å². The van der Waals surface area contributed by atoms with Crippen LogP contribution in [0.25, 0.3) is 0 Å². The Morgan fingerprint density at radius 1 is 0.953 bits per heavy atom. The van der Waals surface area contributed by atoms with Crippen LogP contribution in [-0.2, 0) is 57.1 Å². The number of hydrogen-bond acceptors (Lipinski definition) is 14. The number of cyclic esters (lactones) is 1. The van der Waals surface area contributed by atoms with Crippen LogP contribution < -0.4 is 20.4 Å². The lowest BCUT2D eigenvalue weighted by molar-refractivity contribution is -1.00. The molecule has 2 saturated carbocycles. The Morgan fingerprint density at radius 3 is 2.34 bits per heavy atom. The van der Waals surface area contributed by atoms with Gasteiger partial charge in [-0.1, -0.05) is 32.1 Å². The van der Waals surface area contributed by atoms with Crippen molar-refractivity contribution in [2.75, 3.05) is 86.8 Å². The summed E-state index contributed by atoms with van der Waals surface area (Å²) in [6.45, 7) is 13.5. The highest BCUT2D eigenvalue weighted by Crippen LogP contribution is 2.67. The number of ether oxygens (including phenoxy) is 7. The topological polar surface area (TPSA) is 245 Å². The van der Waals surface area contributed by atoms with Crippen LogP contribution in [0.15, 0.2) is 42.1 Å². The van der Waals surface area contributed by atoms with E-state index in [0.29, 0.717) is 18.7 Å². The third kappa shape index (κ3) is 10.6. The average molecular weight is 904 g/mol. The van der Waals surface area contributed by atoms with Gasteiger partial charge in [-0.3, -0.25) is 0 Å². The maximum Gasteiger partial charge on any atom is 0.417 e. The molecule has 13 atom stereocenters. The number of methoxy groups -OCH3 is 1. The Labute approximate surface area is 373 Å². The van der Waals surface area contributed by atoms with Gasteiger partial charge in [-0.25, -0.2) is 28.8 Å². The number of hydrogen-bond donors (Lipinski definition) is 6. The normalized spacial score (nSPS) is 35.7. The van der Waals surface area contributed by atoms with E-state index in [4.69, 9.17) is 33.2 Å². The molecule has 354 valence electrons. The van der Waals surface area contributed by atoms with E-state index in [1.807, 2.05) is 29.8 Å².